The average molecular weight is 515 g/mol. The molecule has 200 valence electrons. The van der Waals surface area contributed by atoms with Crippen LogP contribution in [-0.2, 0) is 16.0 Å². The number of nitro groups is 1. The molecule has 3 rings (SSSR count). The number of aryl methyl sites for hydroxylation is 1. The van der Waals surface area contributed by atoms with Gasteiger partial charge in [-0.2, -0.15) is 0 Å². The van der Waals surface area contributed by atoms with Crippen LogP contribution in [0.5, 0.6) is 11.5 Å². The first-order chi connectivity index (χ1) is 17.8. The first kappa shape index (κ1) is 27.9. The highest BCUT2D eigenvalue weighted by atomic mass is 16.6. The van der Waals surface area contributed by atoms with Crippen molar-refractivity contribution >= 4 is 17.7 Å². The lowest BCUT2D eigenvalue weighted by Crippen LogP contribution is -2.39. The van der Waals surface area contributed by atoms with Gasteiger partial charge in [-0.05, 0) is 62.4 Å². The molecule has 1 atom stereocenters. The Morgan fingerprint density at radius 2 is 1.81 bits per heavy atom. The Bertz CT molecular complexity index is 1070. The van der Waals surface area contributed by atoms with Crippen molar-refractivity contribution in [1.29, 1.82) is 0 Å². The second kappa shape index (κ2) is 13.6. The third-order valence-electron chi connectivity index (χ3n) is 6.41. The summed E-state index contributed by atoms with van der Waals surface area (Å²) in [6, 6.07) is 11.5. The predicted octanol–water partition coefficient (Wildman–Crippen LogP) is 5.01. The third-order valence-corrected chi connectivity index (χ3v) is 6.41. The molecule has 0 aliphatic heterocycles. The number of nitrogens with zero attached hydrogens (tertiary/aromatic N) is 2. The predicted molar refractivity (Wildman–Crippen MR) is 136 cm³/mol. The average Bonchev–Trinajstić information content (AvgIpc) is 3.38. The minimum absolute atomic E-state index is 0.102. The summed E-state index contributed by atoms with van der Waals surface area (Å²) in [6.07, 6.45) is 3.13. The first-order valence-electron chi connectivity index (χ1n) is 12.5. The van der Waals surface area contributed by atoms with E-state index in [-0.39, 0.29) is 31.0 Å². The second-order valence-corrected chi connectivity index (χ2v) is 9.15. The molecule has 10 heteroatoms. The van der Waals surface area contributed by atoms with E-state index in [0.29, 0.717) is 30.4 Å². The molecule has 1 amide bonds. The van der Waals surface area contributed by atoms with Gasteiger partial charge in [0.05, 0.1) is 17.5 Å². The van der Waals surface area contributed by atoms with E-state index in [1.54, 1.807) is 55.1 Å². The lowest BCUT2D eigenvalue weighted by atomic mass is 10.1. The van der Waals surface area contributed by atoms with E-state index in [9.17, 15) is 24.8 Å². The Balaban J connectivity index is 1.59. The summed E-state index contributed by atoms with van der Waals surface area (Å²) in [4.78, 5) is 36.6. The topological polar surface area (TPSA) is 128 Å². The van der Waals surface area contributed by atoms with Gasteiger partial charge in [0.1, 0.15) is 18.1 Å². The van der Waals surface area contributed by atoms with Gasteiger partial charge < -0.3 is 24.2 Å². The number of aliphatic carboxylic acids is 1. The van der Waals surface area contributed by atoms with Gasteiger partial charge in [-0.25, -0.2) is 9.59 Å². The lowest BCUT2D eigenvalue weighted by molar-refractivity contribution is -0.385. The normalized spacial score (nSPS) is 14.2. The van der Waals surface area contributed by atoms with Gasteiger partial charge in [-0.3, -0.25) is 10.1 Å². The number of nitro benzene ring substituents is 1. The third kappa shape index (κ3) is 8.45. The van der Waals surface area contributed by atoms with Crippen molar-refractivity contribution in [2.24, 2.45) is 5.92 Å². The summed E-state index contributed by atoms with van der Waals surface area (Å²) in [7, 11) is 0. The van der Waals surface area contributed by atoms with Crippen LogP contribution in [-0.4, -0.2) is 59.4 Å². The zero-order chi connectivity index (χ0) is 26.8. The molecule has 10 nitrogen and oxygen atoms in total. The highest BCUT2D eigenvalue weighted by molar-refractivity contribution is 5.72. The van der Waals surface area contributed by atoms with Crippen molar-refractivity contribution in [3.8, 4) is 11.5 Å². The largest absolute Gasteiger partial charge is 0.492 e. The first-order valence-corrected chi connectivity index (χ1v) is 12.5. The fourth-order valence-electron chi connectivity index (χ4n) is 4.40. The quantitative estimate of drug-likeness (QED) is 0.292. The van der Waals surface area contributed by atoms with Gasteiger partial charge in [0, 0.05) is 25.1 Å². The van der Waals surface area contributed by atoms with Crippen LogP contribution < -0.4 is 9.47 Å². The van der Waals surface area contributed by atoms with Gasteiger partial charge in [0.25, 0.3) is 5.69 Å². The monoisotopic (exact) mass is 514 g/mol. The lowest BCUT2D eigenvalue weighted by Gasteiger charge is -2.25. The number of rotatable bonds is 13. The van der Waals surface area contributed by atoms with E-state index in [0.717, 1.165) is 31.2 Å². The van der Waals surface area contributed by atoms with Crippen molar-refractivity contribution in [3.63, 3.8) is 0 Å². The zero-order valence-electron chi connectivity index (χ0n) is 21.3. The van der Waals surface area contributed by atoms with E-state index in [1.165, 1.54) is 6.07 Å². The minimum atomic E-state index is -1.00. The van der Waals surface area contributed by atoms with Crippen LogP contribution in [0.15, 0.2) is 42.5 Å². The number of carbonyl (C=O) groups excluding carboxylic acids is 1. The Hall–Kier alpha value is -3.66. The number of carboxylic acids is 1. The molecule has 2 aromatic rings. The molecule has 1 fully saturated rings. The maximum atomic E-state index is 13.0. The van der Waals surface area contributed by atoms with E-state index in [1.807, 2.05) is 0 Å². The van der Waals surface area contributed by atoms with Crippen LogP contribution >= 0.6 is 0 Å². The van der Waals surface area contributed by atoms with Crippen LogP contribution in [0.25, 0.3) is 0 Å². The fraction of sp³-hybridized carbons (Fsp3) is 0.481. The van der Waals surface area contributed by atoms with Gasteiger partial charge >= 0.3 is 12.1 Å². The van der Waals surface area contributed by atoms with Gasteiger partial charge in [-0.1, -0.05) is 25.0 Å². The molecule has 37 heavy (non-hydrogen) atoms. The van der Waals surface area contributed by atoms with Crippen LogP contribution in [0, 0.1) is 23.0 Å². The van der Waals surface area contributed by atoms with Crippen LogP contribution in [0.4, 0.5) is 10.5 Å². The summed E-state index contributed by atoms with van der Waals surface area (Å²) in [5, 5.41) is 20.5. The molecule has 0 spiro atoms. The number of ether oxygens (including phenoxy) is 3. The highest BCUT2D eigenvalue weighted by Crippen LogP contribution is 2.27. The molecular weight excluding hydrogens is 480 g/mol. The van der Waals surface area contributed by atoms with Crippen LogP contribution in [0.3, 0.4) is 0 Å². The maximum Gasteiger partial charge on any atom is 0.415 e. The Morgan fingerprint density at radius 1 is 1.14 bits per heavy atom. The molecule has 0 aromatic heterocycles. The standard InChI is InChI=1S/C27H34N2O8/c1-3-35-25(26(30)31)16-20-9-12-22(13-10-20)36-15-14-28(18-21-6-4-5-7-21)27(32)37-23-11-8-19(2)24(17-23)29(33)34/h8-13,17,21,25H,3-7,14-16,18H2,1-2H3,(H,30,31). The second-order valence-electron chi connectivity index (χ2n) is 9.15. The van der Waals surface area contributed by atoms with E-state index >= 15 is 0 Å². The maximum absolute atomic E-state index is 13.0. The van der Waals surface area contributed by atoms with Crippen molar-refractivity contribution in [1.82, 2.24) is 4.90 Å². The van der Waals surface area contributed by atoms with Crippen LogP contribution in [0.2, 0.25) is 0 Å². The van der Waals surface area contributed by atoms with Gasteiger partial charge in [-0.15, -0.1) is 0 Å². The molecule has 0 saturated heterocycles. The minimum Gasteiger partial charge on any atom is -0.492 e. The highest BCUT2D eigenvalue weighted by Gasteiger charge is 2.24. The summed E-state index contributed by atoms with van der Waals surface area (Å²) >= 11 is 0. The number of hydrogen-bond acceptors (Lipinski definition) is 7. The molecule has 1 aliphatic rings. The molecule has 1 unspecified atom stereocenters. The van der Waals surface area contributed by atoms with Gasteiger partial charge in [0.2, 0.25) is 0 Å². The summed E-state index contributed by atoms with van der Waals surface area (Å²) in [5.41, 5.74) is 1.20. The fourth-order valence-corrected chi connectivity index (χ4v) is 4.40. The number of carboxylic acid groups (broad SMARTS) is 1. The number of carbonyl (C=O) groups is 2. The Morgan fingerprint density at radius 3 is 2.43 bits per heavy atom. The molecular formula is C27H34N2O8. The van der Waals surface area contributed by atoms with Crippen LogP contribution in [0.1, 0.15) is 43.7 Å². The van der Waals surface area contributed by atoms with Crippen molar-refractivity contribution in [2.75, 3.05) is 26.3 Å². The van der Waals surface area contributed by atoms with E-state index in [4.69, 9.17) is 14.2 Å². The molecule has 2 aromatic carbocycles. The SMILES string of the molecule is CCOC(Cc1ccc(OCCN(CC2CCCC2)C(=O)Oc2ccc(C)c([N+](=O)[O-])c2)cc1)C(=O)O. The molecule has 0 radical (unpaired) electrons. The van der Waals surface area contributed by atoms with E-state index in [2.05, 4.69) is 0 Å². The zero-order valence-corrected chi connectivity index (χ0v) is 21.3. The summed E-state index contributed by atoms with van der Waals surface area (Å²) < 4.78 is 16.6. The Labute approximate surface area is 216 Å². The van der Waals surface area contributed by atoms with Crippen molar-refractivity contribution in [2.45, 2.75) is 52.1 Å². The molecule has 0 bridgehead atoms. The molecule has 1 N–H and O–H groups in total. The number of benzene rings is 2. The van der Waals surface area contributed by atoms with Crippen molar-refractivity contribution in [3.05, 3.63) is 63.7 Å². The molecule has 1 saturated carbocycles. The van der Waals surface area contributed by atoms with E-state index < -0.39 is 23.1 Å². The number of hydrogen-bond donors (Lipinski definition) is 1. The molecule has 0 heterocycles. The number of amides is 1. The molecule has 1 aliphatic carbocycles. The summed E-state index contributed by atoms with van der Waals surface area (Å²) in [5.74, 6) is 0.0979. The van der Waals surface area contributed by atoms with Gasteiger partial charge in [0.15, 0.2) is 6.10 Å². The smallest absolute Gasteiger partial charge is 0.415 e. The Kier molecular flexibility index (Phi) is 10.3. The summed E-state index contributed by atoms with van der Waals surface area (Å²) in [6.45, 7) is 4.75. The van der Waals surface area contributed by atoms with Crippen molar-refractivity contribution < 1.29 is 33.8 Å².